The van der Waals surface area contributed by atoms with E-state index in [1.165, 1.54) is 12.1 Å². The number of carbonyl (C=O) groups is 1. The van der Waals surface area contributed by atoms with E-state index in [4.69, 9.17) is 4.74 Å². The van der Waals surface area contributed by atoms with Gasteiger partial charge in [0.1, 0.15) is 12.4 Å². The lowest BCUT2D eigenvalue weighted by atomic mass is 10.2. The number of ether oxygens (including phenoxy) is 1. The Morgan fingerprint density at radius 2 is 1.94 bits per heavy atom. The highest BCUT2D eigenvalue weighted by molar-refractivity contribution is 9.10. The van der Waals surface area contributed by atoms with E-state index in [0.717, 1.165) is 10.0 Å². The minimum atomic E-state index is -0.453. The number of hydrogen-bond acceptors (Lipinski definition) is 3. The number of carbonyl (C=O) groups excluding carboxylic acids is 1. The number of halogens is 1. The molecule has 0 amide bonds. The van der Waals surface area contributed by atoms with Crippen LogP contribution in [-0.2, 0) is 11.3 Å². The molecule has 0 fully saturated rings. The second-order valence-electron chi connectivity index (χ2n) is 3.76. The third kappa shape index (κ3) is 3.34. The Labute approximate surface area is 113 Å². The number of aromatic hydroxyl groups is 1. The average Bonchev–Trinajstić information content (AvgIpc) is 2.36. The molecular formula is C14H11BrO3. The lowest BCUT2D eigenvalue weighted by molar-refractivity contribution is 0.0472. The maximum absolute atomic E-state index is 11.7. The molecule has 2 aromatic rings. The SMILES string of the molecule is O=C(OCc1cccc(Br)c1)c1cccc(O)c1. The maximum Gasteiger partial charge on any atom is 0.338 e. The van der Waals surface area contributed by atoms with E-state index >= 15 is 0 Å². The lowest BCUT2D eigenvalue weighted by Crippen LogP contribution is -2.04. The molecule has 0 bridgehead atoms. The molecular weight excluding hydrogens is 296 g/mol. The van der Waals surface area contributed by atoms with Crippen LogP contribution in [0.5, 0.6) is 5.75 Å². The first-order valence-electron chi connectivity index (χ1n) is 5.36. The predicted octanol–water partition coefficient (Wildman–Crippen LogP) is 3.51. The number of rotatable bonds is 3. The largest absolute Gasteiger partial charge is 0.508 e. The highest BCUT2D eigenvalue weighted by Gasteiger charge is 2.07. The van der Waals surface area contributed by atoms with Gasteiger partial charge in [-0.15, -0.1) is 0 Å². The summed E-state index contributed by atoms with van der Waals surface area (Å²) >= 11 is 3.35. The molecule has 2 rings (SSSR count). The Kier molecular flexibility index (Phi) is 3.99. The van der Waals surface area contributed by atoms with Gasteiger partial charge in [0.15, 0.2) is 0 Å². The van der Waals surface area contributed by atoms with Crippen molar-refractivity contribution in [2.24, 2.45) is 0 Å². The quantitative estimate of drug-likeness (QED) is 0.883. The van der Waals surface area contributed by atoms with Gasteiger partial charge in [-0.25, -0.2) is 4.79 Å². The molecule has 3 nitrogen and oxygen atoms in total. The van der Waals surface area contributed by atoms with Gasteiger partial charge in [0.2, 0.25) is 0 Å². The van der Waals surface area contributed by atoms with Crippen molar-refractivity contribution in [2.75, 3.05) is 0 Å². The molecule has 0 aromatic heterocycles. The van der Waals surface area contributed by atoms with Gasteiger partial charge in [-0.05, 0) is 35.9 Å². The zero-order valence-electron chi connectivity index (χ0n) is 9.47. The van der Waals surface area contributed by atoms with Gasteiger partial charge in [-0.3, -0.25) is 0 Å². The molecule has 0 aliphatic carbocycles. The van der Waals surface area contributed by atoms with Crippen molar-refractivity contribution in [1.82, 2.24) is 0 Å². The Morgan fingerprint density at radius 1 is 1.17 bits per heavy atom. The molecule has 0 unspecified atom stereocenters. The topological polar surface area (TPSA) is 46.5 Å². The zero-order valence-corrected chi connectivity index (χ0v) is 11.1. The molecule has 0 saturated carbocycles. The summed E-state index contributed by atoms with van der Waals surface area (Å²) in [4.78, 5) is 11.7. The van der Waals surface area contributed by atoms with E-state index in [0.29, 0.717) is 5.56 Å². The van der Waals surface area contributed by atoms with Gasteiger partial charge < -0.3 is 9.84 Å². The van der Waals surface area contributed by atoms with Crippen LogP contribution in [-0.4, -0.2) is 11.1 Å². The van der Waals surface area contributed by atoms with Crippen molar-refractivity contribution in [2.45, 2.75) is 6.61 Å². The Bertz CT molecular complexity index is 566. The summed E-state index contributed by atoms with van der Waals surface area (Å²) < 4.78 is 6.09. The number of phenols is 1. The fraction of sp³-hybridized carbons (Fsp3) is 0.0714. The average molecular weight is 307 g/mol. The molecule has 2 aromatic carbocycles. The predicted molar refractivity (Wildman–Crippen MR) is 71.4 cm³/mol. The van der Waals surface area contributed by atoms with Crippen LogP contribution in [0.2, 0.25) is 0 Å². The zero-order chi connectivity index (χ0) is 13.0. The van der Waals surface area contributed by atoms with Crippen molar-refractivity contribution in [3.63, 3.8) is 0 Å². The Hall–Kier alpha value is -1.81. The van der Waals surface area contributed by atoms with Gasteiger partial charge in [0.25, 0.3) is 0 Å². The summed E-state index contributed by atoms with van der Waals surface area (Å²) in [5.41, 5.74) is 1.24. The van der Waals surface area contributed by atoms with Crippen molar-refractivity contribution in [3.05, 3.63) is 64.1 Å². The van der Waals surface area contributed by atoms with Crippen LogP contribution >= 0.6 is 15.9 Å². The van der Waals surface area contributed by atoms with Gasteiger partial charge in [0, 0.05) is 4.47 Å². The number of hydrogen-bond donors (Lipinski definition) is 1. The summed E-state index contributed by atoms with van der Waals surface area (Å²) in [5.74, 6) is -0.405. The van der Waals surface area contributed by atoms with Crippen LogP contribution in [0.1, 0.15) is 15.9 Å². The second kappa shape index (κ2) is 5.69. The molecule has 0 atom stereocenters. The number of benzene rings is 2. The molecule has 0 aliphatic heterocycles. The lowest BCUT2D eigenvalue weighted by Gasteiger charge is -2.05. The van der Waals surface area contributed by atoms with Crippen molar-refractivity contribution < 1.29 is 14.6 Å². The standard InChI is InChI=1S/C14H11BrO3/c15-12-5-1-3-10(7-12)9-18-14(17)11-4-2-6-13(16)8-11/h1-8,16H,9H2. The van der Waals surface area contributed by atoms with Gasteiger partial charge in [0.05, 0.1) is 5.56 Å². The fourth-order valence-corrected chi connectivity index (χ4v) is 1.94. The van der Waals surface area contributed by atoms with Crippen LogP contribution < -0.4 is 0 Å². The van der Waals surface area contributed by atoms with E-state index < -0.39 is 5.97 Å². The van der Waals surface area contributed by atoms with Crippen molar-refractivity contribution >= 4 is 21.9 Å². The normalized spacial score (nSPS) is 10.1. The van der Waals surface area contributed by atoms with E-state index in [1.807, 2.05) is 24.3 Å². The Balaban J connectivity index is 2.00. The Morgan fingerprint density at radius 3 is 2.67 bits per heavy atom. The van der Waals surface area contributed by atoms with Gasteiger partial charge in [-0.2, -0.15) is 0 Å². The minimum absolute atomic E-state index is 0.0481. The van der Waals surface area contributed by atoms with Crippen LogP contribution in [0.3, 0.4) is 0 Å². The molecule has 92 valence electrons. The first kappa shape index (κ1) is 12.6. The highest BCUT2D eigenvalue weighted by atomic mass is 79.9. The van der Waals surface area contributed by atoms with Gasteiger partial charge >= 0.3 is 5.97 Å². The fourth-order valence-electron chi connectivity index (χ4n) is 1.49. The molecule has 0 radical (unpaired) electrons. The smallest absolute Gasteiger partial charge is 0.338 e. The number of esters is 1. The van der Waals surface area contributed by atoms with Crippen molar-refractivity contribution in [1.29, 1.82) is 0 Å². The minimum Gasteiger partial charge on any atom is -0.508 e. The summed E-state index contributed by atoms with van der Waals surface area (Å²) in [6.07, 6.45) is 0. The molecule has 0 saturated heterocycles. The summed E-state index contributed by atoms with van der Waals surface area (Å²) in [7, 11) is 0. The second-order valence-corrected chi connectivity index (χ2v) is 4.67. The molecule has 0 heterocycles. The first-order valence-corrected chi connectivity index (χ1v) is 6.15. The maximum atomic E-state index is 11.7. The van der Waals surface area contributed by atoms with Crippen LogP contribution in [0.25, 0.3) is 0 Å². The number of phenolic OH excluding ortho intramolecular Hbond substituents is 1. The van der Waals surface area contributed by atoms with Crippen molar-refractivity contribution in [3.8, 4) is 5.75 Å². The van der Waals surface area contributed by atoms with E-state index in [-0.39, 0.29) is 12.4 Å². The third-order valence-electron chi connectivity index (χ3n) is 2.34. The summed E-state index contributed by atoms with van der Waals surface area (Å²) in [5, 5.41) is 9.27. The first-order chi connectivity index (χ1) is 8.65. The molecule has 1 N–H and O–H groups in total. The van der Waals surface area contributed by atoms with E-state index in [2.05, 4.69) is 15.9 Å². The summed E-state index contributed by atoms with van der Waals surface area (Å²) in [6.45, 7) is 0.202. The van der Waals surface area contributed by atoms with Crippen LogP contribution in [0.4, 0.5) is 0 Å². The van der Waals surface area contributed by atoms with Gasteiger partial charge in [-0.1, -0.05) is 34.1 Å². The molecule has 18 heavy (non-hydrogen) atoms. The third-order valence-corrected chi connectivity index (χ3v) is 2.83. The molecule has 0 spiro atoms. The van der Waals surface area contributed by atoms with Crippen LogP contribution in [0.15, 0.2) is 53.0 Å². The molecule has 4 heteroatoms. The monoisotopic (exact) mass is 306 g/mol. The van der Waals surface area contributed by atoms with E-state index in [9.17, 15) is 9.90 Å². The van der Waals surface area contributed by atoms with Crippen LogP contribution in [0, 0.1) is 0 Å². The molecule has 0 aliphatic rings. The summed E-state index contributed by atoms with van der Waals surface area (Å²) in [6, 6.07) is 13.6. The highest BCUT2D eigenvalue weighted by Crippen LogP contribution is 2.15. The van der Waals surface area contributed by atoms with E-state index in [1.54, 1.807) is 12.1 Å².